The van der Waals surface area contributed by atoms with E-state index in [4.69, 9.17) is 4.74 Å². The van der Waals surface area contributed by atoms with Gasteiger partial charge in [-0.15, -0.1) is 0 Å². The van der Waals surface area contributed by atoms with Gasteiger partial charge in [0.05, 0.1) is 18.1 Å². The summed E-state index contributed by atoms with van der Waals surface area (Å²) < 4.78 is 7.48. The van der Waals surface area contributed by atoms with Crippen LogP contribution in [0.4, 0.5) is 0 Å². The van der Waals surface area contributed by atoms with Crippen molar-refractivity contribution >= 4 is 12.0 Å². The average molecular weight is 352 g/mol. The molecule has 0 radical (unpaired) electrons. The fourth-order valence-corrected chi connectivity index (χ4v) is 3.09. The average Bonchev–Trinajstić information content (AvgIpc) is 3.04. The lowest BCUT2D eigenvalue weighted by molar-refractivity contribution is -0.142. The topological polar surface area (TPSA) is 64.4 Å². The van der Waals surface area contributed by atoms with Crippen molar-refractivity contribution in [2.75, 3.05) is 0 Å². The zero-order valence-electron chi connectivity index (χ0n) is 14.9. The maximum Gasteiger partial charge on any atom is 0.331 e. The first kappa shape index (κ1) is 18.1. The highest BCUT2D eigenvalue weighted by atomic mass is 16.5. The summed E-state index contributed by atoms with van der Waals surface area (Å²) in [5.74, 6) is -0.372. The molecule has 5 nitrogen and oxygen atoms in total. The number of carbonyl (C=O) groups excluding carboxylic acids is 1. The molecule has 1 aliphatic rings. The molecule has 2 atom stereocenters. The van der Waals surface area contributed by atoms with Crippen LogP contribution < -0.4 is 0 Å². The number of hydrogen-bond acceptors (Lipinski definition) is 4. The number of nitrogens with zero attached hydrogens (tertiary/aromatic N) is 2. The molecule has 26 heavy (non-hydrogen) atoms. The normalized spacial score (nSPS) is 21.9. The van der Waals surface area contributed by atoms with Crippen molar-refractivity contribution in [2.45, 2.75) is 37.9 Å². The predicted molar refractivity (Wildman–Crippen MR) is 100 cm³/mol. The van der Waals surface area contributed by atoms with Crippen molar-refractivity contribution in [1.82, 2.24) is 9.55 Å². The fraction of sp³-hybridized carbons (Fsp3) is 0.333. The zero-order chi connectivity index (χ0) is 18.4. The Hall–Kier alpha value is -2.66. The number of aromatic nitrogens is 2. The van der Waals surface area contributed by atoms with E-state index in [9.17, 15) is 9.90 Å². The van der Waals surface area contributed by atoms with Crippen LogP contribution in [-0.4, -0.2) is 32.8 Å². The number of hydrogen-bond donors (Lipinski definition) is 1. The molecule has 0 saturated heterocycles. The minimum absolute atomic E-state index is 0.233. The molecule has 1 heterocycles. The Morgan fingerprint density at radius 2 is 1.96 bits per heavy atom. The molecule has 1 aliphatic carbocycles. The first-order valence-corrected chi connectivity index (χ1v) is 8.86. The highest BCUT2D eigenvalue weighted by Crippen LogP contribution is 2.19. The van der Waals surface area contributed by atoms with E-state index in [1.54, 1.807) is 12.4 Å². The van der Waals surface area contributed by atoms with Gasteiger partial charge in [-0.05, 0) is 30.0 Å². The van der Waals surface area contributed by atoms with Gasteiger partial charge in [-0.3, -0.25) is 0 Å². The first-order valence-electron chi connectivity index (χ1n) is 8.86. The van der Waals surface area contributed by atoms with Crippen molar-refractivity contribution in [1.29, 1.82) is 0 Å². The van der Waals surface area contributed by atoms with Crippen LogP contribution in [0.3, 0.4) is 0 Å². The fourth-order valence-electron chi connectivity index (χ4n) is 3.09. The van der Waals surface area contributed by atoms with Gasteiger partial charge in [0.2, 0.25) is 0 Å². The Bertz CT molecular complexity index is 807. The van der Waals surface area contributed by atoms with Crippen molar-refractivity contribution in [3.63, 3.8) is 0 Å². The van der Waals surface area contributed by atoms with Crippen LogP contribution in [0.15, 0.2) is 55.0 Å². The summed E-state index contributed by atoms with van der Waals surface area (Å²) in [6, 6.07) is 8.03. The molecule has 3 rings (SSSR count). The Morgan fingerprint density at radius 3 is 2.69 bits per heavy atom. The SMILES string of the molecule is Cn1cnc(/C=C/C(=O)OC2C/C=C\CC(O)Cc3ccccc3C2)c1. The molecule has 1 N–H and O–H groups in total. The van der Waals surface area contributed by atoms with Gasteiger partial charge in [0.15, 0.2) is 0 Å². The Kier molecular flexibility index (Phi) is 6.02. The Morgan fingerprint density at radius 1 is 1.23 bits per heavy atom. The molecule has 0 amide bonds. The molecule has 2 unspecified atom stereocenters. The van der Waals surface area contributed by atoms with E-state index in [1.165, 1.54) is 6.08 Å². The molecule has 1 aromatic heterocycles. The number of fused-ring (bicyclic) bond motifs is 1. The lowest BCUT2D eigenvalue weighted by atomic mass is 9.94. The quantitative estimate of drug-likeness (QED) is 0.524. The van der Waals surface area contributed by atoms with Crippen LogP contribution in [0.2, 0.25) is 0 Å². The van der Waals surface area contributed by atoms with E-state index in [-0.39, 0.29) is 18.2 Å². The number of carbonyl (C=O) groups is 1. The summed E-state index contributed by atoms with van der Waals surface area (Å²) in [5.41, 5.74) is 2.95. The summed E-state index contributed by atoms with van der Waals surface area (Å²) in [4.78, 5) is 16.4. The lowest BCUT2D eigenvalue weighted by Gasteiger charge is -2.20. The molecule has 5 heteroatoms. The van der Waals surface area contributed by atoms with E-state index >= 15 is 0 Å². The van der Waals surface area contributed by atoms with Gasteiger partial charge in [-0.1, -0.05) is 36.4 Å². The molecule has 0 spiro atoms. The van der Waals surface area contributed by atoms with Crippen LogP contribution in [-0.2, 0) is 29.4 Å². The van der Waals surface area contributed by atoms with Gasteiger partial charge in [0.1, 0.15) is 6.10 Å². The van der Waals surface area contributed by atoms with Gasteiger partial charge in [-0.25, -0.2) is 9.78 Å². The smallest absolute Gasteiger partial charge is 0.331 e. The van der Waals surface area contributed by atoms with Crippen LogP contribution in [0.1, 0.15) is 29.7 Å². The third-order valence-corrected chi connectivity index (χ3v) is 4.39. The lowest BCUT2D eigenvalue weighted by Crippen LogP contribution is -2.21. The van der Waals surface area contributed by atoms with E-state index in [2.05, 4.69) is 4.98 Å². The zero-order valence-corrected chi connectivity index (χ0v) is 14.9. The van der Waals surface area contributed by atoms with Crippen molar-refractivity contribution < 1.29 is 14.6 Å². The Balaban J connectivity index is 1.69. The van der Waals surface area contributed by atoms with E-state index in [0.29, 0.717) is 25.7 Å². The van der Waals surface area contributed by atoms with Crippen LogP contribution in [0, 0.1) is 0 Å². The molecule has 0 saturated carbocycles. The number of aryl methyl sites for hydroxylation is 1. The van der Waals surface area contributed by atoms with Gasteiger partial charge in [0.25, 0.3) is 0 Å². The maximum absolute atomic E-state index is 12.2. The molecule has 0 aliphatic heterocycles. The number of benzene rings is 1. The third-order valence-electron chi connectivity index (χ3n) is 4.39. The third kappa shape index (κ3) is 5.17. The number of imidazole rings is 1. The largest absolute Gasteiger partial charge is 0.459 e. The molecule has 2 aromatic rings. The van der Waals surface area contributed by atoms with E-state index in [1.807, 2.05) is 54.2 Å². The summed E-state index contributed by atoms with van der Waals surface area (Å²) >= 11 is 0. The number of rotatable bonds is 3. The highest BCUT2D eigenvalue weighted by molar-refractivity contribution is 5.86. The minimum Gasteiger partial charge on any atom is -0.459 e. The minimum atomic E-state index is -0.382. The molecule has 0 bridgehead atoms. The van der Waals surface area contributed by atoms with Gasteiger partial charge in [0, 0.05) is 32.2 Å². The second-order valence-electron chi connectivity index (χ2n) is 6.63. The van der Waals surface area contributed by atoms with Crippen molar-refractivity contribution in [3.05, 3.63) is 71.8 Å². The molecule has 0 fully saturated rings. The van der Waals surface area contributed by atoms with Crippen LogP contribution >= 0.6 is 0 Å². The van der Waals surface area contributed by atoms with Gasteiger partial charge in [-0.2, -0.15) is 0 Å². The number of ether oxygens (including phenoxy) is 1. The molecular formula is C21H24N2O3. The van der Waals surface area contributed by atoms with Crippen LogP contribution in [0.25, 0.3) is 6.08 Å². The molecular weight excluding hydrogens is 328 g/mol. The van der Waals surface area contributed by atoms with Crippen molar-refractivity contribution in [3.8, 4) is 0 Å². The second-order valence-corrected chi connectivity index (χ2v) is 6.63. The monoisotopic (exact) mass is 352 g/mol. The maximum atomic E-state index is 12.2. The van der Waals surface area contributed by atoms with Gasteiger partial charge >= 0.3 is 5.97 Å². The highest BCUT2D eigenvalue weighted by Gasteiger charge is 2.17. The molecule has 1 aromatic carbocycles. The summed E-state index contributed by atoms with van der Waals surface area (Å²) in [5, 5.41) is 10.1. The summed E-state index contributed by atoms with van der Waals surface area (Å²) in [6.07, 6.45) is 12.4. The standard InChI is InChI=1S/C21H24N2O3/c1-23-14-18(22-15-23)10-11-21(25)26-20-9-5-4-8-19(24)12-16-6-2-3-7-17(16)13-20/h2-7,10-11,14-15,19-20,24H,8-9,12-13H2,1H3/b5-4-,11-10+. The first-order chi connectivity index (χ1) is 12.6. The van der Waals surface area contributed by atoms with Crippen LogP contribution in [0.5, 0.6) is 0 Å². The van der Waals surface area contributed by atoms with E-state index in [0.717, 1.165) is 16.8 Å². The van der Waals surface area contributed by atoms with E-state index < -0.39 is 0 Å². The molecule has 136 valence electrons. The predicted octanol–water partition coefficient (Wildman–Crippen LogP) is 2.84. The van der Waals surface area contributed by atoms with Gasteiger partial charge < -0.3 is 14.4 Å². The number of aliphatic hydroxyl groups is 1. The van der Waals surface area contributed by atoms with Crippen molar-refractivity contribution in [2.24, 2.45) is 7.05 Å². The number of esters is 1. The summed E-state index contributed by atoms with van der Waals surface area (Å²) in [6.45, 7) is 0. The summed E-state index contributed by atoms with van der Waals surface area (Å²) in [7, 11) is 1.88. The number of aliphatic hydroxyl groups excluding tert-OH is 1. The Labute approximate surface area is 153 Å². The second kappa shape index (κ2) is 8.63.